The van der Waals surface area contributed by atoms with E-state index in [-0.39, 0.29) is 5.78 Å². The molecule has 156 valence electrons. The maximum absolute atomic E-state index is 12.9. The molecule has 4 aromatic rings. The third kappa shape index (κ3) is 2.95. The Labute approximate surface area is 185 Å². The van der Waals surface area contributed by atoms with Gasteiger partial charge in [-0.1, -0.05) is 60.7 Å². The van der Waals surface area contributed by atoms with Crippen LogP contribution in [0.15, 0.2) is 97.1 Å². The molecule has 1 aliphatic heterocycles. The Bertz CT molecular complexity index is 1330. The second-order valence-corrected chi connectivity index (χ2v) is 7.94. The highest BCUT2D eigenvalue weighted by molar-refractivity contribution is 6.09. The van der Waals surface area contributed by atoms with Crippen LogP contribution in [-0.4, -0.2) is 12.4 Å². The van der Waals surface area contributed by atoms with Gasteiger partial charge in [0.2, 0.25) is 0 Å². The number of hydrogen-bond acceptors (Lipinski definition) is 4. The van der Waals surface area contributed by atoms with Crippen LogP contribution in [0.5, 0.6) is 17.2 Å². The number of carbonyl (C=O) groups is 1. The lowest BCUT2D eigenvalue weighted by molar-refractivity contribution is -0.0840. The fourth-order valence-corrected chi connectivity index (χ4v) is 4.45. The first kappa shape index (κ1) is 18.7. The summed E-state index contributed by atoms with van der Waals surface area (Å²) in [5.74, 6) is 0.654. The molecule has 0 saturated carbocycles. The van der Waals surface area contributed by atoms with Gasteiger partial charge in [-0.15, -0.1) is 0 Å². The maximum atomic E-state index is 12.9. The Hall–Kier alpha value is -4.05. The van der Waals surface area contributed by atoms with Crippen molar-refractivity contribution >= 4 is 16.6 Å². The molecule has 0 unspecified atom stereocenters. The minimum atomic E-state index is -1.22. The quantitative estimate of drug-likeness (QED) is 0.416. The Morgan fingerprint density at radius 3 is 2.25 bits per heavy atom. The molecule has 0 bridgehead atoms. The van der Waals surface area contributed by atoms with Crippen LogP contribution in [-0.2, 0) is 12.2 Å². The Morgan fingerprint density at radius 2 is 1.50 bits per heavy atom. The Kier molecular flexibility index (Phi) is 4.25. The molecule has 0 radical (unpaired) electrons. The Balaban J connectivity index is 1.37. The molecule has 2 aliphatic rings. The minimum Gasteiger partial charge on any atom is -0.492 e. The summed E-state index contributed by atoms with van der Waals surface area (Å²) in [7, 11) is 0. The number of carbonyl (C=O) groups excluding carboxylic acids is 1. The number of hydrogen-bond donors (Lipinski definition) is 0. The molecule has 4 nitrogen and oxygen atoms in total. The summed E-state index contributed by atoms with van der Waals surface area (Å²) in [6.07, 6.45) is 3.96. The van der Waals surface area contributed by atoms with Gasteiger partial charge >= 0.3 is 0 Å². The largest absolute Gasteiger partial charge is 0.492 e. The number of fused-ring (bicyclic) bond motifs is 2. The maximum Gasteiger partial charge on any atom is 0.299 e. The summed E-state index contributed by atoms with van der Waals surface area (Å²) in [5, 5.41) is 1.98. The van der Waals surface area contributed by atoms with Crippen molar-refractivity contribution in [3.05, 3.63) is 114 Å². The summed E-state index contributed by atoms with van der Waals surface area (Å²) < 4.78 is 18.9. The number of ketones is 1. The van der Waals surface area contributed by atoms with E-state index in [1.54, 1.807) is 6.08 Å². The summed E-state index contributed by atoms with van der Waals surface area (Å²) in [4.78, 5) is 12.9. The second-order valence-electron chi connectivity index (χ2n) is 7.94. The van der Waals surface area contributed by atoms with Crippen molar-refractivity contribution in [1.29, 1.82) is 0 Å². The van der Waals surface area contributed by atoms with Gasteiger partial charge in [-0.2, -0.15) is 0 Å². The number of benzene rings is 4. The molecule has 0 aromatic heterocycles. The van der Waals surface area contributed by atoms with Crippen LogP contribution in [0.2, 0.25) is 0 Å². The van der Waals surface area contributed by atoms with Crippen LogP contribution in [0.1, 0.15) is 21.5 Å². The normalized spacial score (nSPS) is 15.2. The highest BCUT2D eigenvalue weighted by Crippen LogP contribution is 2.48. The molecule has 0 saturated heterocycles. The first-order valence-electron chi connectivity index (χ1n) is 10.7. The monoisotopic (exact) mass is 420 g/mol. The van der Waals surface area contributed by atoms with E-state index in [1.165, 1.54) is 11.6 Å². The van der Waals surface area contributed by atoms with E-state index in [0.29, 0.717) is 23.5 Å². The van der Waals surface area contributed by atoms with Gasteiger partial charge in [0, 0.05) is 12.5 Å². The van der Waals surface area contributed by atoms with Crippen LogP contribution < -0.4 is 14.2 Å². The van der Waals surface area contributed by atoms with Crippen molar-refractivity contribution in [1.82, 2.24) is 0 Å². The van der Waals surface area contributed by atoms with Gasteiger partial charge in [-0.25, -0.2) is 0 Å². The van der Waals surface area contributed by atoms with Gasteiger partial charge in [0.25, 0.3) is 5.79 Å². The molecular formula is C28H20O4. The average Bonchev–Trinajstić information content (AvgIpc) is 2.83. The molecule has 6 rings (SSSR count). The first-order valence-corrected chi connectivity index (χ1v) is 10.7. The smallest absolute Gasteiger partial charge is 0.299 e. The first-order chi connectivity index (χ1) is 15.7. The van der Waals surface area contributed by atoms with E-state index in [9.17, 15) is 4.79 Å². The fourth-order valence-electron chi connectivity index (χ4n) is 4.45. The van der Waals surface area contributed by atoms with E-state index in [1.807, 2.05) is 72.8 Å². The molecule has 4 heteroatoms. The van der Waals surface area contributed by atoms with Crippen LogP contribution in [0.25, 0.3) is 10.8 Å². The van der Waals surface area contributed by atoms with Gasteiger partial charge in [-0.3, -0.25) is 4.79 Å². The number of ether oxygens (including phenoxy) is 3. The highest BCUT2D eigenvalue weighted by Gasteiger charge is 2.45. The van der Waals surface area contributed by atoms with Crippen molar-refractivity contribution in [3.8, 4) is 17.2 Å². The third-order valence-electron chi connectivity index (χ3n) is 5.94. The number of rotatable bonds is 4. The molecule has 4 aromatic carbocycles. The predicted molar refractivity (Wildman–Crippen MR) is 122 cm³/mol. The zero-order chi connectivity index (χ0) is 21.5. The molecule has 1 heterocycles. The van der Waals surface area contributed by atoms with Crippen LogP contribution in [0.4, 0.5) is 0 Å². The lowest BCUT2D eigenvalue weighted by atomic mass is 9.89. The van der Waals surface area contributed by atoms with E-state index in [0.717, 1.165) is 28.7 Å². The SMILES string of the molecule is O=C1C=CC2(Oc3cccc4cccc(c34)O2)c2cccc(OCCc3ccccc3)c21. The minimum absolute atomic E-state index is 0.120. The van der Waals surface area contributed by atoms with E-state index in [4.69, 9.17) is 14.2 Å². The molecule has 1 aliphatic carbocycles. The van der Waals surface area contributed by atoms with Gasteiger partial charge in [-0.05, 0) is 41.3 Å². The van der Waals surface area contributed by atoms with Crippen LogP contribution in [0.3, 0.4) is 0 Å². The lowest BCUT2D eigenvalue weighted by Gasteiger charge is -2.39. The van der Waals surface area contributed by atoms with Crippen molar-refractivity contribution in [2.45, 2.75) is 12.2 Å². The number of allylic oxidation sites excluding steroid dienone is 1. The molecule has 0 atom stereocenters. The van der Waals surface area contributed by atoms with E-state index in [2.05, 4.69) is 12.1 Å². The third-order valence-corrected chi connectivity index (χ3v) is 5.94. The van der Waals surface area contributed by atoms with Crippen LogP contribution in [0, 0.1) is 0 Å². The van der Waals surface area contributed by atoms with Crippen molar-refractivity contribution in [3.63, 3.8) is 0 Å². The molecule has 0 amide bonds. The second kappa shape index (κ2) is 7.27. The van der Waals surface area contributed by atoms with E-state index < -0.39 is 5.79 Å². The molecule has 1 spiro atoms. The Morgan fingerprint density at radius 1 is 0.781 bits per heavy atom. The van der Waals surface area contributed by atoms with Gasteiger partial charge in [0.05, 0.1) is 23.1 Å². The van der Waals surface area contributed by atoms with Gasteiger partial charge < -0.3 is 14.2 Å². The highest BCUT2D eigenvalue weighted by atomic mass is 16.7. The topological polar surface area (TPSA) is 44.8 Å². The molecule has 32 heavy (non-hydrogen) atoms. The fraction of sp³-hybridized carbons (Fsp3) is 0.107. The van der Waals surface area contributed by atoms with Gasteiger partial charge in [0.15, 0.2) is 5.78 Å². The van der Waals surface area contributed by atoms with Crippen molar-refractivity contribution in [2.24, 2.45) is 0 Å². The summed E-state index contributed by atoms with van der Waals surface area (Å²) in [5.41, 5.74) is 2.31. The van der Waals surface area contributed by atoms with Crippen LogP contribution >= 0.6 is 0 Å². The van der Waals surface area contributed by atoms with Crippen molar-refractivity contribution in [2.75, 3.05) is 6.61 Å². The standard InChI is InChI=1S/C28H20O4/c29-22-15-17-28(31-24-13-4-9-20-10-5-14-25(32-28)26(20)24)21-11-6-12-23(27(21)22)30-18-16-19-7-2-1-3-8-19/h1-15,17H,16,18H2. The summed E-state index contributed by atoms with van der Waals surface area (Å²) in [6, 6.07) is 27.5. The average molecular weight is 420 g/mol. The van der Waals surface area contributed by atoms with Crippen molar-refractivity contribution < 1.29 is 19.0 Å². The zero-order valence-corrected chi connectivity index (χ0v) is 17.3. The van der Waals surface area contributed by atoms with E-state index >= 15 is 0 Å². The zero-order valence-electron chi connectivity index (χ0n) is 17.3. The summed E-state index contributed by atoms with van der Waals surface area (Å²) in [6.45, 7) is 0.467. The molecule has 0 N–H and O–H groups in total. The lowest BCUT2D eigenvalue weighted by Crippen LogP contribution is -2.42. The van der Waals surface area contributed by atoms with Gasteiger partial charge in [0.1, 0.15) is 17.2 Å². The summed E-state index contributed by atoms with van der Waals surface area (Å²) >= 11 is 0. The molecule has 0 fully saturated rings. The predicted octanol–water partition coefficient (Wildman–Crippen LogP) is 5.84. The molecular weight excluding hydrogens is 400 g/mol.